The third-order valence-corrected chi connectivity index (χ3v) is 3.53. The zero-order valence-electron chi connectivity index (χ0n) is 11.2. The molecule has 0 spiro atoms. The highest BCUT2D eigenvalue weighted by Gasteiger charge is 2.37. The molecule has 0 aliphatic carbocycles. The van der Waals surface area contributed by atoms with Crippen LogP contribution in [0.2, 0.25) is 0 Å². The van der Waals surface area contributed by atoms with Crippen LogP contribution in [0.1, 0.15) is 21.5 Å². The minimum Gasteiger partial charge on any atom is -0.308 e. The van der Waals surface area contributed by atoms with Gasteiger partial charge in [-0.2, -0.15) is 18.3 Å². The van der Waals surface area contributed by atoms with E-state index in [2.05, 4.69) is 5.10 Å². The van der Waals surface area contributed by atoms with Gasteiger partial charge < -0.3 is 4.90 Å². The van der Waals surface area contributed by atoms with E-state index in [9.17, 15) is 18.0 Å². The van der Waals surface area contributed by atoms with Crippen molar-refractivity contribution in [2.75, 3.05) is 11.4 Å². The number of aromatic nitrogens is 2. The van der Waals surface area contributed by atoms with Crippen LogP contribution in [0.4, 0.5) is 18.9 Å². The highest BCUT2D eigenvalue weighted by molar-refractivity contribution is 6.07. The fourth-order valence-corrected chi connectivity index (χ4v) is 2.60. The van der Waals surface area contributed by atoms with E-state index in [-0.39, 0.29) is 24.4 Å². The van der Waals surface area contributed by atoms with Crippen LogP contribution in [0.25, 0.3) is 0 Å². The molecule has 4 nitrogen and oxygen atoms in total. The molecule has 3 rings (SSSR count). The summed E-state index contributed by atoms with van der Waals surface area (Å²) in [6.07, 6.45) is -1.24. The number of aryl methyl sites for hydroxylation is 1. The summed E-state index contributed by atoms with van der Waals surface area (Å²) in [4.78, 5) is 13.8. The molecule has 7 heteroatoms. The van der Waals surface area contributed by atoms with Crippen molar-refractivity contribution in [2.24, 2.45) is 7.05 Å². The summed E-state index contributed by atoms with van der Waals surface area (Å²) in [6, 6.07) is 3.93. The van der Waals surface area contributed by atoms with E-state index in [4.69, 9.17) is 0 Å². The first-order valence-electron chi connectivity index (χ1n) is 6.37. The normalized spacial score (nSPS) is 14.4. The Hall–Kier alpha value is -2.31. The van der Waals surface area contributed by atoms with Gasteiger partial charge in [-0.3, -0.25) is 9.48 Å². The van der Waals surface area contributed by atoms with E-state index >= 15 is 0 Å². The standard InChI is InChI=1S/C14H12F3N3O/c1-19-8-9(7-18-19)13(21)20-6-5-10-11(14(15,16)17)3-2-4-12(10)20/h2-4,7-8H,5-6H2,1H3. The van der Waals surface area contributed by atoms with Gasteiger partial charge in [-0.05, 0) is 24.1 Å². The maximum absolute atomic E-state index is 13.0. The van der Waals surface area contributed by atoms with Gasteiger partial charge >= 0.3 is 6.18 Å². The summed E-state index contributed by atoms with van der Waals surface area (Å²) in [5.74, 6) is -0.332. The van der Waals surface area contributed by atoms with Gasteiger partial charge in [0.05, 0.1) is 17.3 Å². The van der Waals surface area contributed by atoms with Crippen molar-refractivity contribution in [1.82, 2.24) is 9.78 Å². The lowest BCUT2D eigenvalue weighted by Gasteiger charge is -2.17. The second-order valence-corrected chi connectivity index (χ2v) is 4.91. The van der Waals surface area contributed by atoms with Crippen molar-refractivity contribution in [3.63, 3.8) is 0 Å². The van der Waals surface area contributed by atoms with Crippen LogP contribution in [-0.2, 0) is 19.6 Å². The van der Waals surface area contributed by atoms with E-state index in [1.54, 1.807) is 19.3 Å². The van der Waals surface area contributed by atoms with E-state index in [1.807, 2.05) is 0 Å². The number of hydrogen-bond acceptors (Lipinski definition) is 2. The average Bonchev–Trinajstić information content (AvgIpc) is 3.02. The van der Waals surface area contributed by atoms with Crippen molar-refractivity contribution in [3.8, 4) is 0 Å². The summed E-state index contributed by atoms with van der Waals surface area (Å²) in [5.41, 5.74) is 0.213. The van der Waals surface area contributed by atoms with Gasteiger partial charge in [0, 0.05) is 25.5 Å². The van der Waals surface area contributed by atoms with E-state index < -0.39 is 11.7 Å². The predicted molar refractivity (Wildman–Crippen MR) is 70.0 cm³/mol. The first-order valence-corrected chi connectivity index (χ1v) is 6.37. The Labute approximate surface area is 118 Å². The van der Waals surface area contributed by atoms with Crippen molar-refractivity contribution >= 4 is 11.6 Å². The molecule has 2 aromatic rings. The summed E-state index contributed by atoms with van der Waals surface area (Å²) in [6.45, 7) is 0.246. The van der Waals surface area contributed by atoms with Crippen LogP contribution < -0.4 is 4.90 Å². The lowest BCUT2D eigenvalue weighted by atomic mass is 10.0. The van der Waals surface area contributed by atoms with Gasteiger partial charge in [0.25, 0.3) is 5.91 Å². The summed E-state index contributed by atoms with van der Waals surface area (Å²) < 4.78 is 40.4. The molecule has 0 unspecified atom stereocenters. The smallest absolute Gasteiger partial charge is 0.308 e. The molecule has 0 N–H and O–H groups in total. The first kappa shape index (κ1) is 13.7. The zero-order valence-corrected chi connectivity index (χ0v) is 11.2. The molecule has 1 aliphatic heterocycles. The Kier molecular flexibility index (Phi) is 3.00. The molecular weight excluding hydrogens is 283 g/mol. The molecule has 1 aliphatic rings. The minimum atomic E-state index is -4.40. The average molecular weight is 295 g/mol. The lowest BCUT2D eigenvalue weighted by molar-refractivity contribution is -0.138. The van der Waals surface area contributed by atoms with E-state index in [0.717, 1.165) is 6.07 Å². The Morgan fingerprint density at radius 2 is 2.10 bits per heavy atom. The molecule has 1 amide bonds. The molecule has 21 heavy (non-hydrogen) atoms. The van der Waals surface area contributed by atoms with Gasteiger partial charge in [-0.15, -0.1) is 0 Å². The Balaban J connectivity index is 2.00. The van der Waals surface area contributed by atoms with Crippen LogP contribution >= 0.6 is 0 Å². The molecule has 0 radical (unpaired) electrons. The molecule has 0 saturated carbocycles. The molecule has 0 atom stereocenters. The molecule has 0 saturated heterocycles. The SMILES string of the molecule is Cn1cc(C(=O)N2CCc3c2cccc3C(F)(F)F)cn1. The lowest BCUT2D eigenvalue weighted by Crippen LogP contribution is -2.28. The van der Waals surface area contributed by atoms with Gasteiger partial charge in [0.15, 0.2) is 0 Å². The fraction of sp³-hybridized carbons (Fsp3) is 0.286. The van der Waals surface area contributed by atoms with Crippen molar-refractivity contribution in [2.45, 2.75) is 12.6 Å². The quantitative estimate of drug-likeness (QED) is 0.811. The fourth-order valence-electron chi connectivity index (χ4n) is 2.60. The molecule has 1 aromatic heterocycles. The van der Waals surface area contributed by atoms with Crippen molar-refractivity contribution in [1.29, 1.82) is 0 Å². The van der Waals surface area contributed by atoms with E-state index in [1.165, 1.54) is 21.8 Å². The van der Waals surface area contributed by atoms with Crippen LogP contribution in [-0.4, -0.2) is 22.2 Å². The Bertz CT molecular complexity index is 706. The maximum Gasteiger partial charge on any atom is 0.416 e. The van der Waals surface area contributed by atoms with E-state index in [0.29, 0.717) is 11.3 Å². The number of benzene rings is 1. The first-order chi connectivity index (χ1) is 9.88. The highest BCUT2D eigenvalue weighted by atomic mass is 19.4. The largest absolute Gasteiger partial charge is 0.416 e. The predicted octanol–water partition coefficient (Wildman–Crippen LogP) is 2.64. The third kappa shape index (κ3) is 2.28. The van der Waals surface area contributed by atoms with Gasteiger partial charge in [-0.25, -0.2) is 0 Å². The number of rotatable bonds is 1. The van der Waals surface area contributed by atoms with Crippen LogP contribution in [0.5, 0.6) is 0 Å². The molecule has 0 fully saturated rings. The van der Waals surface area contributed by atoms with Crippen molar-refractivity contribution in [3.05, 3.63) is 47.3 Å². The number of halogens is 3. The number of carbonyl (C=O) groups is 1. The number of amides is 1. The number of carbonyl (C=O) groups excluding carboxylic acids is 1. The minimum absolute atomic E-state index is 0.183. The molecule has 1 aromatic carbocycles. The topological polar surface area (TPSA) is 38.1 Å². The van der Waals surface area contributed by atoms with Crippen molar-refractivity contribution < 1.29 is 18.0 Å². The van der Waals surface area contributed by atoms with Gasteiger partial charge in [0.1, 0.15) is 0 Å². The zero-order chi connectivity index (χ0) is 15.2. The summed E-state index contributed by atoms with van der Waals surface area (Å²) in [7, 11) is 1.68. The number of anilines is 1. The number of alkyl halides is 3. The maximum atomic E-state index is 13.0. The Morgan fingerprint density at radius 3 is 2.71 bits per heavy atom. The number of nitrogens with zero attached hydrogens (tertiary/aromatic N) is 3. The monoisotopic (exact) mass is 295 g/mol. The van der Waals surface area contributed by atoms with Crippen LogP contribution in [0.3, 0.4) is 0 Å². The van der Waals surface area contributed by atoms with Gasteiger partial charge in [0.2, 0.25) is 0 Å². The Morgan fingerprint density at radius 1 is 1.33 bits per heavy atom. The second-order valence-electron chi connectivity index (χ2n) is 4.91. The van der Waals surface area contributed by atoms with Crippen LogP contribution in [0, 0.1) is 0 Å². The van der Waals surface area contributed by atoms with Crippen LogP contribution in [0.15, 0.2) is 30.6 Å². The molecule has 110 valence electrons. The van der Waals surface area contributed by atoms with Gasteiger partial charge in [-0.1, -0.05) is 6.07 Å². The summed E-state index contributed by atoms with van der Waals surface area (Å²) >= 11 is 0. The number of hydrogen-bond donors (Lipinski definition) is 0. The number of fused-ring (bicyclic) bond motifs is 1. The highest BCUT2D eigenvalue weighted by Crippen LogP contribution is 2.39. The second kappa shape index (κ2) is 4.61. The molecule has 2 heterocycles. The summed E-state index contributed by atoms with van der Waals surface area (Å²) in [5, 5.41) is 3.91. The molecule has 0 bridgehead atoms. The molecular formula is C14H12F3N3O. The third-order valence-electron chi connectivity index (χ3n) is 3.53.